The van der Waals surface area contributed by atoms with Crippen molar-refractivity contribution in [1.82, 2.24) is 4.98 Å². The molecule has 30 heavy (non-hydrogen) atoms. The van der Waals surface area contributed by atoms with E-state index in [-0.39, 0.29) is 22.1 Å². The number of aromatic amines is 1. The predicted octanol–water partition coefficient (Wildman–Crippen LogP) is 4.41. The summed E-state index contributed by atoms with van der Waals surface area (Å²) in [6.07, 6.45) is 7.07. The zero-order valence-electron chi connectivity index (χ0n) is 18.6. The monoisotopic (exact) mass is 424 g/mol. The summed E-state index contributed by atoms with van der Waals surface area (Å²) in [5.41, 5.74) is 1.48. The van der Waals surface area contributed by atoms with E-state index in [0.717, 1.165) is 16.8 Å². The molecule has 3 aliphatic carbocycles. The van der Waals surface area contributed by atoms with Crippen LogP contribution in [0.15, 0.2) is 43.0 Å². The number of hydrogen-bond acceptors (Lipinski definition) is 1. The Morgan fingerprint density at radius 3 is 2.57 bits per heavy atom. The molecule has 0 saturated heterocycles. The third-order valence-corrected chi connectivity index (χ3v) is 9.67. The van der Waals surface area contributed by atoms with E-state index in [1.165, 1.54) is 10.9 Å². The first kappa shape index (κ1) is 20.4. The Bertz CT molecular complexity index is 1110. The minimum Gasteiger partial charge on any atom is -0.467 e. The fourth-order valence-electron chi connectivity index (χ4n) is 7.09. The smallest absolute Gasteiger partial charge is 0.152 e. The van der Waals surface area contributed by atoms with Gasteiger partial charge in [0, 0.05) is 38.9 Å². The van der Waals surface area contributed by atoms with Gasteiger partial charge in [-0.3, -0.25) is 0 Å². The van der Waals surface area contributed by atoms with Gasteiger partial charge in [-0.15, -0.1) is 18.2 Å². The van der Waals surface area contributed by atoms with Gasteiger partial charge in [0.1, 0.15) is 5.54 Å². The van der Waals surface area contributed by atoms with Crippen LogP contribution in [-0.4, -0.2) is 21.0 Å². The summed E-state index contributed by atoms with van der Waals surface area (Å²) in [6.45, 7) is 15.3. The molecule has 0 spiro atoms. The number of alkyl halides is 1. The average Bonchev–Trinajstić information content (AvgIpc) is 3.08. The molecule has 2 aromatic rings. The van der Waals surface area contributed by atoms with E-state index >= 15 is 0 Å². The molecule has 5 atom stereocenters. The Labute approximate surface area is 184 Å². The molecular weight excluding hydrogens is 392 g/mol. The molecule has 3 nitrogen and oxygen atoms in total. The van der Waals surface area contributed by atoms with Gasteiger partial charge in [-0.05, 0) is 36.5 Å². The molecule has 1 saturated carbocycles. The first-order chi connectivity index (χ1) is 13.9. The number of hydrogen-bond donors (Lipinski definition) is 3. The van der Waals surface area contributed by atoms with E-state index in [1.54, 1.807) is 0 Å². The quantitative estimate of drug-likeness (QED) is 0.373. The van der Waals surface area contributed by atoms with Gasteiger partial charge in [0.25, 0.3) is 0 Å². The van der Waals surface area contributed by atoms with Crippen LogP contribution in [0.2, 0.25) is 0 Å². The Kier molecular flexibility index (Phi) is 3.81. The highest BCUT2D eigenvalue weighted by molar-refractivity contribution is 6.21. The second kappa shape index (κ2) is 5.62. The normalized spacial score (nSPS) is 40.3. The first-order valence-corrected chi connectivity index (χ1v) is 11.4. The zero-order chi connectivity index (χ0) is 21.9. The van der Waals surface area contributed by atoms with Crippen LogP contribution in [0.5, 0.6) is 0 Å². The molecule has 5 rings (SSSR count). The van der Waals surface area contributed by atoms with Crippen molar-refractivity contribution < 1.29 is 10.4 Å². The summed E-state index contributed by atoms with van der Waals surface area (Å²) in [4.78, 5) is 3.70. The van der Waals surface area contributed by atoms with Gasteiger partial charge >= 0.3 is 0 Å². The number of aliphatic hydroxyl groups is 1. The van der Waals surface area contributed by atoms with Crippen LogP contribution >= 0.6 is 11.6 Å². The molecule has 0 radical (unpaired) electrons. The molecule has 1 aromatic heterocycles. The van der Waals surface area contributed by atoms with Crippen molar-refractivity contribution in [1.29, 1.82) is 0 Å². The maximum absolute atomic E-state index is 13.1. The van der Waals surface area contributed by atoms with Crippen molar-refractivity contribution >= 4 is 22.5 Å². The number of rotatable bonds is 2. The molecular formula is C26H33ClN2O. The van der Waals surface area contributed by atoms with E-state index in [2.05, 4.69) is 83.6 Å². The van der Waals surface area contributed by atoms with Gasteiger partial charge in [0.15, 0.2) is 5.60 Å². The molecule has 1 fully saturated rings. The lowest BCUT2D eigenvalue weighted by Gasteiger charge is -2.65. The Balaban J connectivity index is 2.06. The molecule has 0 aliphatic heterocycles. The number of nitrogens with one attached hydrogen (secondary N) is 1. The maximum Gasteiger partial charge on any atom is 0.152 e. The topological polar surface area (TPSA) is 52.6 Å². The molecule has 1 aromatic carbocycles. The van der Waals surface area contributed by atoms with Crippen LogP contribution in [0.1, 0.15) is 57.9 Å². The summed E-state index contributed by atoms with van der Waals surface area (Å²) >= 11 is 7.15. The Hall–Kier alpha value is -1.55. The molecule has 4 N–H and O–H groups in total. The van der Waals surface area contributed by atoms with Gasteiger partial charge in [-0.2, -0.15) is 7.05 Å². The SMILES string of the molecule is C=C[C@@]1(C)[C@H](Cl)C[C@@H]2C(C)(C)c3cccc4[nH]c5c(c34)[C@@]2(O)[C@]1([NH2+][CH2-])C=CC5(C)C. The highest BCUT2D eigenvalue weighted by Gasteiger charge is 2.74. The highest BCUT2D eigenvalue weighted by Crippen LogP contribution is 2.67. The molecule has 3 aliphatic rings. The first-order valence-electron chi connectivity index (χ1n) is 10.9. The van der Waals surface area contributed by atoms with Crippen molar-refractivity contribution in [3.63, 3.8) is 0 Å². The predicted molar refractivity (Wildman–Crippen MR) is 123 cm³/mol. The minimum absolute atomic E-state index is 0.0651. The fraction of sp³-hybridized carbons (Fsp3) is 0.500. The van der Waals surface area contributed by atoms with Gasteiger partial charge in [0.05, 0.1) is 5.41 Å². The summed E-state index contributed by atoms with van der Waals surface area (Å²) < 4.78 is 0. The van der Waals surface area contributed by atoms with Crippen molar-refractivity contribution in [2.75, 3.05) is 0 Å². The van der Waals surface area contributed by atoms with Crippen LogP contribution in [0.25, 0.3) is 10.9 Å². The number of benzene rings is 1. The number of nitrogens with two attached hydrogens (primary N) is 1. The van der Waals surface area contributed by atoms with Gasteiger partial charge in [-0.1, -0.05) is 52.0 Å². The second-order valence-electron chi connectivity index (χ2n) is 11.0. The lowest BCUT2D eigenvalue weighted by atomic mass is 9.43. The summed E-state index contributed by atoms with van der Waals surface area (Å²) in [6, 6.07) is 6.47. The van der Waals surface area contributed by atoms with E-state index in [1.807, 2.05) is 11.4 Å². The van der Waals surface area contributed by atoms with E-state index in [4.69, 9.17) is 11.6 Å². The lowest BCUT2D eigenvalue weighted by Crippen LogP contribution is -3.02. The van der Waals surface area contributed by atoms with Crippen LogP contribution in [0, 0.1) is 18.4 Å². The van der Waals surface area contributed by atoms with E-state index < -0.39 is 16.6 Å². The summed E-state index contributed by atoms with van der Waals surface area (Å²) in [7, 11) is 4.28. The number of quaternary nitrogens is 1. The molecule has 0 amide bonds. The van der Waals surface area contributed by atoms with Gasteiger partial charge in [0.2, 0.25) is 0 Å². The highest BCUT2D eigenvalue weighted by atomic mass is 35.5. The zero-order valence-corrected chi connectivity index (χ0v) is 19.4. The number of H-pyrrole nitrogens is 1. The average molecular weight is 425 g/mol. The maximum atomic E-state index is 13.1. The Morgan fingerprint density at radius 1 is 1.23 bits per heavy atom. The van der Waals surface area contributed by atoms with E-state index in [0.29, 0.717) is 6.42 Å². The number of aromatic nitrogens is 1. The fourth-order valence-corrected chi connectivity index (χ4v) is 7.53. The van der Waals surface area contributed by atoms with Crippen LogP contribution in [0.4, 0.5) is 0 Å². The number of halogens is 1. The van der Waals surface area contributed by atoms with Crippen LogP contribution < -0.4 is 5.32 Å². The van der Waals surface area contributed by atoms with Crippen LogP contribution in [0.3, 0.4) is 0 Å². The lowest BCUT2D eigenvalue weighted by molar-refractivity contribution is -0.705. The Morgan fingerprint density at radius 2 is 1.93 bits per heavy atom. The number of allylic oxidation sites excluding steroid dienone is 1. The molecule has 0 unspecified atom stereocenters. The summed E-state index contributed by atoms with van der Waals surface area (Å²) in [5.74, 6) is -0.0651. The van der Waals surface area contributed by atoms with Crippen LogP contribution in [-0.2, 0) is 16.4 Å². The molecule has 4 heteroatoms. The van der Waals surface area contributed by atoms with Crippen molar-refractivity contribution in [3.05, 3.63) is 66.9 Å². The second-order valence-corrected chi connectivity index (χ2v) is 11.5. The third kappa shape index (κ3) is 1.88. The molecule has 0 bridgehead atoms. The summed E-state index contributed by atoms with van der Waals surface area (Å²) in [5, 5.41) is 16.0. The largest absolute Gasteiger partial charge is 0.467 e. The van der Waals surface area contributed by atoms with E-state index in [9.17, 15) is 5.11 Å². The minimum atomic E-state index is -1.15. The van der Waals surface area contributed by atoms with Crippen molar-refractivity contribution in [2.45, 2.75) is 68.4 Å². The van der Waals surface area contributed by atoms with Gasteiger partial charge < -0.3 is 15.4 Å². The molecule has 1 heterocycles. The molecule has 160 valence electrons. The standard InChI is InChI=1S/C26H33ClN2O/c1-8-24(6)18(27)14-17-23(4,5)15-10-9-11-16-19(15)20-21(29-16)22(2,3)12-13-25(24,28-7)26(17,20)30/h8-13,17-18,29-30H,1,7,14,28H2,2-6H3/t17-,18-,24+,25+,26-/m1/s1. The van der Waals surface area contributed by atoms with Crippen molar-refractivity contribution in [2.24, 2.45) is 11.3 Å². The van der Waals surface area contributed by atoms with Crippen molar-refractivity contribution in [3.8, 4) is 0 Å². The van der Waals surface area contributed by atoms with Gasteiger partial charge in [-0.25, -0.2) is 0 Å². The third-order valence-electron chi connectivity index (χ3n) is 9.04.